The number of rotatable bonds is 6. The Labute approximate surface area is 209 Å². The molecule has 3 rings (SSSR count). The van der Waals surface area contributed by atoms with E-state index in [2.05, 4.69) is 34.7 Å². The Kier molecular flexibility index (Phi) is 10.1. The number of allylic oxidation sites excluding steroid dienone is 2. The van der Waals surface area contributed by atoms with Gasteiger partial charge in [0.05, 0.1) is 17.1 Å². The fraction of sp³-hybridized carbons (Fsp3) is 0.259. The lowest BCUT2D eigenvalue weighted by molar-refractivity contribution is 0.101. The molecular weight excluding hydrogens is 455 g/mol. The number of Topliss-reactive ketones (excluding diaryl/α,β-unsaturated/α-hetero) is 1. The summed E-state index contributed by atoms with van der Waals surface area (Å²) in [6.07, 6.45) is 1.79. The van der Waals surface area contributed by atoms with Crippen LogP contribution >= 0.6 is 9.24 Å². The van der Waals surface area contributed by atoms with E-state index in [0.717, 1.165) is 45.0 Å². The first-order valence-corrected chi connectivity index (χ1v) is 11.8. The third kappa shape index (κ3) is 8.01. The molecule has 2 N–H and O–H groups in total. The monoisotopic (exact) mass is 488 g/mol. The van der Waals surface area contributed by atoms with Crippen molar-refractivity contribution in [2.24, 2.45) is 4.99 Å². The zero-order valence-corrected chi connectivity index (χ0v) is 22.5. The molecule has 35 heavy (non-hydrogen) atoms. The predicted octanol–water partition coefficient (Wildman–Crippen LogP) is 6.80. The summed E-state index contributed by atoms with van der Waals surface area (Å²) >= 11 is 0. The van der Waals surface area contributed by atoms with Crippen molar-refractivity contribution in [1.82, 2.24) is 15.2 Å². The van der Waals surface area contributed by atoms with E-state index >= 15 is 0 Å². The van der Waals surface area contributed by atoms with Crippen LogP contribution in [0, 0.1) is 26.2 Å². The maximum absolute atomic E-state index is 11.6. The fourth-order valence-corrected chi connectivity index (χ4v) is 3.62. The van der Waals surface area contributed by atoms with Crippen LogP contribution in [0.25, 0.3) is 5.57 Å². The van der Waals surface area contributed by atoms with Crippen LogP contribution in [0.5, 0.6) is 0 Å². The number of aryl methyl sites for hydroxylation is 3. The van der Waals surface area contributed by atoms with Gasteiger partial charge in [0.2, 0.25) is 0 Å². The predicted molar refractivity (Wildman–Crippen MR) is 150 cm³/mol. The second-order valence-corrected chi connectivity index (χ2v) is 9.03. The number of anilines is 2. The number of hydrogen-bond acceptors (Lipinski definition) is 7. The molecule has 7 nitrogen and oxygen atoms in total. The Hall–Kier alpha value is -3.57. The number of ketones is 1. The van der Waals surface area contributed by atoms with Gasteiger partial charge in [0.15, 0.2) is 11.6 Å². The molecule has 0 aliphatic heterocycles. The van der Waals surface area contributed by atoms with Gasteiger partial charge in [-0.1, -0.05) is 6.07 Å². The lowest BCUT2D eigenvalue weighted by atomic mass is 9.99. The summed E-state index contributed by atoms with van der Waals surface area (Å²) in [5.41, 5.74) is 7.13. The number of aliphatic imine (C=N–C) groups is 1. The van der Waals surface area contributed by atoms with Crippen molar-refractivity contribution in [1.29, 1.82) is 5.41 Å². The summed E-state index contributed by atoms with van der Waals surface area (Å²) in [5.74, 6) is 0.702. The van der Waals surface area contributed by atoms with E-state index in [1.165, 1.54) is 6.92 Å². The first-order chi connectivity index (χ1) is 16.5. The minimum absolute atomic E-state index is 0.0301. The minimum atomic E-state index is -0.0301. The Bertz CT molecular complexity index is 1280. The third-order valence-electron chi connectivity index (χ3n) is 4.97. The van der Waals surface area contributed by atoms with Crippen LogP contribution in [0.4, 0.5) is 17.2 Å². The van der Waals surface area contributed by atoms with Crippen molar-refractivity contribution in [3.05, 3.63) is 76.0 Å². The van der Waals surface area contributed by atoms with E-state index in [9.17, 15) is 4.79 Å². The summed E-state index contributed by atoms with van der Waals surface area (Å²) in [5, 5.41) is 20.0. The van der Waals surface area contributed by atoms with Crippen molar-refractivity contribution < 1.29 is 4.79 Å². The van der Waals surface area contributed by atoms with Crippen LogP contribution in [0.3, 0.4) is 0 Å². The number of carbonyl (C=O) groups excluding carboxylic acids is 1. The van der Waals surface area contributed by atoms with E-state index in [1.807, 2.05) is 71.0 Å². The van der Waals surface area contributed by atoms with Crippen molar-refractivity contribution in [2.75, 3.05) is 5.32 Å². The van der Waals surface area contributed by atoms with Gasteiger partial charge < -0.3 is 10.7 Å². The fourth-order valence-electron chi connectivity index (χ4n) is 3.27. The van der Waals surface area contributed by atoms with Crippen molar-refractivity contribution in [3.8, 4) is 0 Å². The zero-order valence-electron chi connectivity index (χ0n) is 21.4. The molecule has 0 aliphatic rings. The van der Waals surface area contributed by atoms with Gasteiger partial charge in [-0.3, -0.25) is 14.8 Å². The molecule has 0 fully saturated rings. The SMILES string of the molecule is CC(=N)/C(=C(/C)P)c1nc(C)ccc1C(C)=O.CC=Nc1cc(Nc2ccc(C)nn2)ccc1C. The summed E-state index contributed by atoms with van der Waals surface area (Å²) in [7, 11) is 2.57. The lowest BCUT2D eigenvalue weighted by Gasteiger charge is -2.12. The van der Waals surface area contributed by atoms with Crippen LogP contribution in [0.15, 0.2) is 52.8 Å². The molecule has 182 valence electrons. The number of benzene rings is 1. The Morgan fingerprint density at radius 1 is 1.00 bits per heavy atom. The third-order valence-corrected chi connectivity index (χ3v) is 5.26. The van der Waals surface area contributed by atoms with Gasteiger partial charge >= 0.3 is 0 Å². The number of nitrogens with one attached hydrogen (secondary N) is 2. The summed E-state index contributed by atoms with van der Waals surface area (Å²) in [6, 6.07) is 13.5. The molecular formula is C27H33N6OP. The number of pyridine rings is 1. The maximum Gasteiger partial charge on any atom is 0.161 e. The van der Waals surface area contributed by atoms with Gasteiger partial charge in [0, 0.05) is 34.4 Å². The van der Waals surface area contributed by atoms with Crippen LogP contribution in [0.1, 0.15) is 60.7 Å². The van der Waals surface area contributed by atoms with Gasteiger partial charge in [-0.15, -0.1) is 14.3 Å². The highest BCUT2D eigenvalue weighted by Gasteiger charge is 2.16. The molecule has 0 saturated carbocycles. The number of hydrogen-bond donors (Lipinski definition) is 2. The van der Waals surface area contributed by atoms with Crippen molar-refractivity contribution >= 4 is 49.7 Å². The highest BCUT2D eigenvalue weighted by atomic mass is 31.0. The number of carbonyl (C=O) groups is 1. The summed E-state index contributed by atoms with van der Waals surface area (Å²) in [6.45, 7) is 12.9. The van der Waals surface area contributed by atoms with Crippen LogP contribution in [0.2, 0.25) is 0 Å². The van der Waals surface area contributed by atoms with Gasteiger partial charge in [0.25, 0.3) is 0 Å². The molecule has 2 aromatic heterocycles. The second-order valence-electron chi connectivity index (χ2n) is 8.16. The van der Waals surface area contributed by atoms with Crippen LogP contribution < -0.4 is 5.32 Å². The van der Waals surface area contributed by atoms with E-state index < -0.39 is 0 Å². The molecule has 0 bridgehead atoms. The molecule has 0 spiro atoms. The summed E-state index contributed by atoms with van der Waals surface area (Å²) in [4.78, 5) is 20.3. The van der Waals surface area contributed by atoms with Gasteiger partial charge in [-0.2, -0.15) is 5.10 Å². The molecule has 0 saturated heterocycles. The Morgan fingerprint density at radius 2 is 1.69 bits per heavy atom. The molecule has 0 radical (unpaired) electrons. The van der Waals surface area contributed by atoms with Crippen molar-refractivity contribution in [2.45, 2.75) is 48.5 Å². The summed E-state index contributed by atoms with van der Waals surface area (Å²) < 4.78 is 0. The molecule has 1 unspecified atom stereocenters. The average molecular weight is 489 g/mol. The Balaban J connectivity index is 0.000000247. The second kappa shape index (κ2) is 12.8. The largest absolute Gasteiger partial charge is 0.339 e. The highest BCUT2D eigenvalue weighted by Crippen LogP contribution is 2.26. The average Bonchev–Trinajstić information content (AvgIpc) is 2.78. The van der Waals surface area contributed by atoms with E-state index in [0.29, 0.717) is 17.0 Å². The van der Waals surface area contributed by atoms with E-state index in [-0.39, 0.29) is 5.78 Å². The van der Waals surface area contributed by atoms with Crippen LogP contribution in [-0.2, 0) is 0 Å². The van der Waals surface area contributed by atoms with Crippen molar-refractivity contribution in [3.63, 3.8) is 0 Å². The van der Waals surface area contributed by atoms with Gasteiger partial charge in [-0.05, 0) is 95.7 Å². The first-order valence-electron chi connectivity index (χ1n) is 11.2. The molecule has 3 aromatic rings. The molecule has 2 heterocycles. The van der Waals surface area contributed by atoms with E-state index in [4.69, 9.17) is 5.41 Å². The maximum atomic E-state index is 11.6. The Morgan fingerprint density at radius 3 is 2.23 bits per heavy atom. The molecule has 0 amide bonds. The van der Waals surface area contributed by atoms with Crippen LogP contribution in [-0.4, -0.2) is 32.9 Å². The smallest absolute Gasteiger partial charge is 0.161 e. The quantitative estimate of drug-likeness (QED) is 0.226. The normalized spacial score (nSPS) is 11.4. The van der Waals surface area contributed by atoms with Gasteiger partial charge in [-0.25, -0.2) is 0 Å². The number of nitrogens with zero attached hydrogens (tertiary/aromatic N) is 4. The first kappa shape index (κ1) is 27.7. The molecule has 8 heteroatoms. The molecule has 1 atom stereocenters. The molecule has 1 aromatic carbocycles. The minimum Gasteiger partial charge on any atom is -0.339 e. The van der Waals surface area contributed by atoms with E-state index in [1.54, 1.807) is 19.2 Å². The zero-order chi connectivity index (χ0) is 26.1. The molecule has 0 aliphatic carbocycles. The lowest BCUT2D eigenvalue weighted by Crippen LogP contribution is -2.07. The number of aromatic nitrogens is 3. The van der Waals surface area contributed by atoms with Gasteiger partial charge in [0.1, 0.15) is 0 Å². The standard InChI is InChI=1S/C14H16N4.C13H17N2OP/c1-4-15-13-9-12(7-5-10(13)2)16-14-8-6-11(3)17-18-14;1-7-5-6-11(9(3)16)13(15-7)12(8(2)14)10(4)17/h4-9H,1-3H3,(H,16,18);5-6,14H,17H2,1-4H3/b;12-10+,14-8?. The topological polar surface area (TPSA) is 104 Å². The highest BCUT2D eigenvalue weighted by molar-refractivity contribution is 7.23.